The SMILES string of the molecule is Nc1ccc(F)c([C@@]2(CF)NC(=O)CCC2(F)F)c1.O=C1CCC(F)(F)[C@@](CF)(c2cc([N+](=O)[O-])ccc2F)N1. The molecule has 2 heterocycles. The molecule has 4 rings (SSSR count). The van der Waals surface area contributed by atoms with Gasteiger partial charge in [-0.05, 0) is 24.3 Å². The van der Waals surface area contributed by atoms with Crippen LogP contribution in [0.4, 0.5) is 46.5 Å². The summed E-state index contributed by atoms with van der Waals surface area (Å²) in [5, 5.41) is 14.3. The number of nitrogens with one attached hydrogen (secondary N) is 2. The van der Waals surface area contributed by atoms with Gasteiger partial charge in [-0.15, -0.1) is 0 Å². The van der Waals surface area contributed by atoms with Gasteiger partial charge in [0, 0.05) is 54.6 Å². The van der Waals surface area contributed by atoms with Gasteiger partial charge in [-0.3, -0.25) is 19.7 Å². The molecule has 0 unspecified atom stereocenters. The summed E-state index contributed by atoms with van der Waals surface area (Å²) < 4.78 is 111. The van der Waals surface area contributed by atoms with Gasteiger partial charge in [-0.1, -0.05) is 0 Å². The number of halogens is 8. The van der Waals surface area contributed by atoms with Crippen LogP contribution >= 0.6 is 0 Å². The van der Waals surface area contributed by atoms with E-state index in [-0.39, 0.29) is 5.69 Å². The molecule has 0 radical (unpaired) electrons. The molecule has 0 aliphatic carbocycles. The lowest BCUT2D eigenvalue weighted by molar-refractivity contribution is -0.385. The van der Waals surface area contributed by atoms with Crippen molar-refractivity contribution in [2.75, 3.05) is 19.1 Å². The van der Waals surface area contributed by atoms with E-state index in [1.54, 1.807) is 5.32 Å². The van der Waals surface area contributed by atoms with Crippen molar-refractivity contribution in [3.63, 3.8) is 0 Å². The minimum atomic E-state index is -3.77. The maximum atomic E-state index is 14.1. The summed E-state index contributed by atoms with van der Waals surface area (Å²) >= 11 is 0. The number of alkyl halides is 6. The Labute approximate surface area is 221 Å². The fraction of sp³-hybridized carbons (Fsp3) is 0.417. The summed E-state index contributed by atoms with van der Waals surface area (Å²) in [5.41, 5.74) is -2.42. The number of carbonyl (C=O) groups excluding carboxylic acids is 2. The molecule has 2 saturated heterocycles. The number of benzene rings is 2. The van der Waals surface area contributed by atoms with Crippen molar-refractivity contribution in [1.82, 2.24) is 10.6 Å². The van der Waals surface area contributed by atoms with Gasteiger partial charge in [0.15, 0.2) is 11.1 Å². The van der Waals surface area contributed by atoms with Crippen LogP contribution in [0.2, 0.25) is 0 Å². The molecule has 218 valence electrons. The molecular formula is C24H22F8N4O4. The minimum absolute atomic E-state index is 0.0137. The Kier molecular flexibility index (Phi) is 8.32. The number of anilines is 1. The van der Waals surface area contributed by atoms with E-state index in [2.05, 4.69) is 0 Å². The van der Waals surface area contributed by atoms with E-state index in [1.807, 2.05) is 5.32 Å². The van der Waals surface area contributed by atoms with E-state index in [9.17, 15) is 54.8 Å². The first-order chi connectivity index (χ1) is 18.6. The average Bonchev–Trinajstić information content (AvgIpc) is 2.89. The summed E-state index contributed by atoms with van der Waals surface area (Å²) in [7, 11) is 0. The molecule has 2 amide bonds. The highest BCUT2D eigenvalue weighted by Crippen LogP contribution is 2.46. The molecular weight excluding hydrogens is 560 g/mol. The van der Waals surface area contributed by atoms with Crippen LogP contribution in [-0.4, -0.2) is 41.9 Å². The highest BCUT2D eigenvalue weighted by molar-refractivity contribution is 5.79. The zero-order valence-corrected chi connectivity index (χ0v) is 20.4. The highest BCUT2D eigenvalue weighted by atomic mass is 19.3. The third-order valence-corrected chi connectivity index (χ3v) is 6.76. The van der Waals surface area contributed by atoms with Gasteiger partial charge >= 0.3 is 0 Å². The van der Waals surface area contributed by atoms with Crippen molar-refractivity contribution < 1.29 is 49.6 Å². The lowest BCUT2D eigenvalue weighted by Gasteiger charge is -2.42. The standard InChI is InChI=1S/C12H10F4N2O3.C12H12F4N2O/c13-6-11(12(15,16)4-3-10(19)17-11)8-5-7(18(20)21)1-2-9(8)14;13-6-11(8-5-7(17)1-2-9(8)14)12(15,16)4-3-10(19)18-11/h1-2,5H,3-4,6H2,(H,17,19);1-2,5H,3-4,6,17H2,(H,18,19)/t2*11-/m11/s1. The number of piperidine rings is 2. The topological polar surface area (TPSA) is 127 Å². The molecule has 0 spiro atoms. The van der Waals surface area contributed by atoms with Gasteiger partial charge in [-0.25, -0.2) is 35.1 Å². The normalized spacial score (nSPS) is 25.2. The Bertz CT molecular complexity index is 1330. The van der Waals surface area contributed by atoms with Gasteiger partial charge in [0.25, 0.3) is 17.5 Å². The molecule has 16 heteroatoms. The molecule has 0 saturated carbocycles. The second-order valence-corrected chi connectivity index (χ2v) is 9.24. The third kappa shape index (κ3) is 5.25. The van der Waals surface area contributed by atoms with Crippen LogP contribution in [0.15, 0.2) is 36.4 Å². The van der Waals surface area contributed by atoms with Crippen LogP contribution < -0.4 is 16.4 Å². The first-order valence-corrected chi connectivity index (χ1v) is 11.6. The lowest BCUT2D eigenvalue weighted by Crippen LogP contribution is -2.63. The van der Waals surface area contributed by atoms with Crippen molar-refractivity contribution in [1.29, 1.82) is 0 Å². The lowest BCUT2D eigenvalue weighted by atomic mass is 9.79. The summed E-state index contributed by atoms with van der Waals surface area (Å²) in [6, 6.07) is 4.87. The number of nitro groups is 1. The molecule has 0 aromatic heterocycles. The van der Waals surface area contributed by atoms with Gasteiger partial charge in [0.1, 0.15) is 25.0 Å². The molecule has 40 heavy (non-hydrogen) atoms. The fourth-order valence-electron chi connectivity index (χ4n) is 4.51. The van der Waals surface area contributed by atoms with Crippen LogP contribution in [0.25, 0.3) is 0 Å². The smallest absolute Gasteiger partial charge is 0.278 e. The van der Waals surface area contributed by atoms with Gasteiger partial charge in [0.05, 0.1) is 4.92 Å². The van der Waals surface area contributed by atoms with Crippen molar-refractivity contribution in [2.45, 2.75) is 48.6 Å². The number of nitrogens with zero attached hydrogens (tertiary/aromatic N) is 1. The van der Waals surface area contributed by atoms with Crippen molar-refractivity contribution in [2.24, 2.45) is 0 Å². The third-order valence-electron chi connectivity index (χ3n) is 6.76. The number of rotatable bonds is 5. The number of hydrogen-bond donors (Lipinski definition) is 3. The average molecular weight is 582 g/mol. The van der Waals surface area contributed by atoms with Gasteiger partial charge in [0.2, 0.25) is 11.8 Å². The number of hydrogen-bond acceptors (Lipinski definition) is 5. The summed E-state index contributed by atoms with van der Waals surface area (Å²) in [5.74, 6) is -11.3. The minimum Gasteiger partial charge on any atom is -0.399 e. The molecule has 4 N–H and O–H groups in total. The number of nitrogens with two attached hydrogens (primary N) is 1. The Morgan fingerprint density at radius 3 is 1.65 bits per heavy atom. The molecule has 2 aliphatic rings. The molecule has 0 bridgehead atoms. The molecule has 2 aromatic rings. The molecule has 2 fully saturated rings. The second kappa shape index (κ2) is 10.9. The second-order valence-electron chi connectivity index (χ2n) is 9.24. The first kappa shape index (κ1) is 30.6. The van der Waals surface area contributed by atoms with E-state index in [0.717, 1.165) is 18.2 Å². The van der Waals surface area contributed by atoms with E-state index >= 15 is 0 Å². The Balaban J connectivity index is 0.000000222. The predicted molar refractivity (Wildman–Crippen MR) is 124 cm³/mol. The van der Waals surface area contributed by atoms with Crippen LogP contribution in [0.1, 0.15) is 36.8 Å². The summed E-state index contributed by atoms with van der Waals surface area (Å²) in [6.07, 6.45) is -2.77. The summed E-state index contributed by atoms with van der Waals surface area (Å²) in [6.45, 7) is -3.41. The maximum Gasteiger partial charge on any atom is 0.278 e. The Morgan fingerprint density at radius 1 is 0.800 bits per heavy atom. The van der Waals surface area contributed by atoms with E-state index in [4.69, 9.17) is 5.73 Å². The number of amides is 2. The number of carbonyl (C=O) groups is 2. The molecule has 2 atom stereocenters. The fourth-order valence-corrected chi connectivity index (χ4v) is 4.51. The van der Waals surface area contributed by atoms with Crippen LogP contribution in [0, 0.1) is 21.7 Å². The molecule has 8 nitrogen and oxygen atoms in total. The zero-order chi connectivity index (χ0) is 30.1. The monoisotopic (exact) mass is 582 g/mol. The van der Waals surface area contributed by atoms with Gasteiger partial charge in [-0.2, -0.15) is 0 Å². The van der Waals surface area contributed by atoms with Crippen LogP contribution in [-0.2, 0) is 20.7 Å². The van der Waals surface area contributed by atoms with Gasteiger partial charge < -0.3 is 16.4 Å². The molecule has 2 aromatic carbocycles. The van der Waals surface area contributed by atoms with E-state index in [1.165, 1.54) is 6.07 Å². The highest BCUT2D eigenvalue weighted by Gasteiger charge is 2.60. The Morgan fingerprint density at radius 2 is 1.23 bits per heavy atom. The van der Waals surface area contributed by atoms with Crippen molar-refractivity contribution >= 4 is 23.2 Å². The van der Waals surface area contributed by atoms with Crippen LogP contribution in [0.5, 0.6) is 0 Å². The number of nitro benzene ring substituents is 1. The zero-order valence-electron chi connectivity index (χ0n) is 20.4. The first-order valence-electron chi connectivity index (χ1n) is 11.6. The maximum absolute atomic E-state index is 14.1. The van der Waals surface area contributed by atoms with E-state index in [0.29, 0.717) is 12.1 Å². The van der Waals surface area contributed by atoms with Crippen LogP contribution in [0.3, 0.4) is 0 Å². The quantitative estimate of drug-likeness (QED) is 0.206. The Hall–Kier alpha value is -3.98. The van der Waals surface area contributed by atoms with E-state index < -0.39 is 107 Å². The van der Waals surface area contributed by atoms with Crippen molar-refractivity contribution in [3.8, 4) is 0 Å². The number of nitrogen functional groups attached to an aromatic ring is 1. The molecule has 2 aliphatic heterocycles. The number of non-ortho nitro benzene ring substituents is 1. The van der Waals surface area contributed by atoms with Crippen molar-refractivity contribution in [3.05, 3.63) is 69.3 Å². The largest absolute Gasteiger partial charge is 0.399 e. The predicted octanol–water partition coefficient (Wildman–Crippen LogP) is 4.56. The summed E-state index contributed by atoms with van der Waals surface area (Å²) in [4.78, 5) is 32.5.